The molecule has 0 saturated heterocycles. The second-order valence-corrected chi connectivity index (χ2v) is 6.64. The average molecular weight is 440 g/mol. The van der Waals surface area contributed by atoms with E-state index in [4.69, 9.17) is 0 Å². The van der Waals surface area contributed by atoms with Gasteiger partial charge in [-0.3, -0.25) is 4.79 Å². The van der Waals surface area contributed by atoms with Crippen molar-refractivity contribution in [2.24, 2.45) is 0 Å². The number of rotatable bonds is 4. The van der Waals surface area contributed by atoms with Crippen LogP contribution in [0.15, 0.2) is 22.7 Å². The van der Waals surface area contributed by atoms with Crippen LogP contribution in [0.1, 0.15) is 31.1 Å². The van der Waals surface area contributed by atoms with E-state index in [1.54, 1.807) is 19.1 Å². The van der Waals surface area contributed by atoms with Crippen molar-refractivity contribution >= 4 is 50.4 Å². The van der Waals surface area contributed by atoms with Crippen LogP contribution in [0.2, 0.25) is 0 Å². The molecule has 104 valence electrons. The van der Waals surface area contributed by atoms with Crippen molar-refractivity contribution in [1.29, 1.82) is 0 Å². The molecule has 6 heteroatoms. The third-order valence-electron chi connectivity index (χ3n) is 2.92. The summed E-state index contributed by atoms with van der Waals surface area (Å²) >= 11 is 5.45. The Balaban J connectivity index is 3.23. The van der Waals surface area contributed by atoms with Crippen molar-refractivity contribution < 1.29 is 14.7 Å². The number of nitrogens with zero attached hydrogens (tertiary/aromatic N) is 1. The van der Waals surface area contributed by atoms with Gasteiger partial charge in [-0.1, -0.05) is 0 Å². The van der Waals surface area contributed by atoms with E-state index in [-0.39, 0.29) is 5.91 Å². The summed E-state index contributed by atoms with van der Waals surface area (Å²) in [5.74, 6) is -1.32. The van der Waals surface area contributed by atoms with Gasteiger partial charge in [-0.2, -0.15) is 0 Å². The standard InChI is InChI=1S/C13H15BrINO3/c1-4-16(13(2,3)12(18)19)11(17)9-7-8(15)5-6-10(9)14/h5-7H,4H2,1-3H3,(H,18,19). The number of hydrogen-bond acceptors (Lipinski definition) is 2. The molecular weight excluding hydrogens is 425 g/mol. The topological polar surface area (TPSA) is 57.6 Å². The molecule has 1 rings (SSSR count). The van der Waals surface area contributed by atoms with Gasteiger partial charge in [0.05, 0.1) is 5.56 Å². The summed E-state index contributed by atoms with van der Waals surface area (Å²) in [6.07, 6.45) is 0. The Morgan fingerprint density at radius 2 is 2.00 bits per heavy atom. The Kier molecular flexibility index (Phi) is 5.37. The van der Waals surface area contributed by atoms with Gasteiger partial charge in [0, 0.05) is 14.6 Å². The maximum Gasteiger partial charge on any atom is 0.329 e. The smallest absolute Gasteiger partial charge is 0.329 e. The van der Waals surface area contributed by atoms with Crippen LogP contribution >= 0.6 is 38.5 Å². The lowest BCUT2D eigenvalue weighted by molar-refractivity contribution is -0.147. The van der Waals surface area contributed by atoms with Crippen LogP contribution in [0.3, 0.4) is 0 Å². The van der Waals surface area contributed by atoms with Crippen molar-refractivity contribution in [1.82, 2.24) is 4.90 Å². The molecule has 4 nitrogen and oxygen atoms in total. The van der Waals surface area contributed by atoms with E-state index in [1.807, 2.05) is 6.07 Å². The summed E-state index contributed by atoms with van der Waals surface area (Å²) < 4.78 is 1.59. The van der Waals surface area contributed by atoms with Crippen molar-refractivity contribution in [3.63, 3.8) is 0 Å². The molecule has 1 amide bonds. The van der Waals surface area contributed by atoms with Gasteiger partial charge in [-0.05, 0) is 77.5 Å². The molecule has 0 spiro atoms. The number of hydrogen-bond donors (Lipinski definition) is 1. The first kappa shape index (κ1) is 16.4. The highest BCUT2D eigenvalue weighted by Crippen LogP contribution is 2.24. The SMILES string of the molecule is CCN(C(=O)c1cc(I)ccc1Br)C(C)(C)C(=O)O. The van der Waals surface area contributed by atoms with E-state index < -0.39 is 11.5 Å². The third kappa shape index (κ3) is 3.47. The number of carbonyl (C=O) groups is 2. The average Bonchev–Trinajstić information content (AvgIpc) is 2.32. The molecule has 19 heavy (non-hydrogen) atoms. The minimum absolute atomic E-state index is 0.291. The Morgan fingerprint density at radius 3 is 2.47 bits per heavy atom. The highest BCUT2D eigenvalue weighted by molar-refractivity contribution is 14.1. The molecular formula is C13H15BrINO3. The lowest BCUT2D eigenvalue weighted by Gasteiger charge is -2.34. The Bertz CT molecular complexity index is 517. The van der Waals surface area contributed by atoms with Gasteiger partial charge in [-0.15, -0.1) is 0 Å². The molecule has 0 radical (unpaired) electrons. The number of halogens is 2. The minimum Gasteiger partial charge on any atom is -0.480 e. The van der Waals surface area contributed by atoms with Gasteiger partial charge < -0.3 is 10.0 Å². The van der Waals surface area contributed by atoms with E-state index in [1.165, 1.54) is 18.7 Å². The zero-order valence-corrected chi connectivity index (χ0v) is 14.6. The summed E-state index contributed by atoms with van der Waals surface area (Å²) in [6.45, 7) is 5.15. The summed E-state index contributed by atoms with van der Waals surface area (Å²) in [5, 5.41) is 9.26. The molecule has 0 aliphatic heterocycles. The van der Waals surface area contributed by atoms with Gasteiger partial charge in [0.25, 0.3) is 5.91 Å². The van der Waals surface area contributed by atoms with Crippen LogP contribution in [0.4, 0.5) is 0 Å². The van der Waals surface area contributed by atoms with Crippen molar-refractivity contribution in [2.45, 2.75) is 26.3 Å². The normalized spacial score (nSPS) is 11.2. The molecule has 0 aliphatic carbocycles. The highest BCUT2D eigenvalue weighted by Gasteiger charge is 2.37. The second-order valence-electron chi connectivity index (χ2n) is 4.54. The molecule has 1 N–H and O–H groups in total. The summed E-state index contributed by atoms with van der Waals surface area (Å²) in [4.78, 5) is 25.2. The Labute approximate surface area is 134 Å². The molecule has 0 aromatic heterocycles. The largest absolute Gasteiger partial charge is 0.480 e. The van der Waals surface area contributed by atoms with E-state index in [2.05, 4.69) is 38.5 Å². The van der Waals surface area contributed by atoms with Crippen LogP contribution in [-0.4, -0.2) is 34.0 Å². The van der Waals surface area contributed by atoms with Crippen LogP contribution in [0.25, 0.3) is 0 Å². The Hall–Kier alpha value is -0.630. The molecule has 0 unspecified atom stereocenters. The zero-order valence-electron chi connectivity index (χ0n) is 10.9. The van der Waals surface area contributed by atoms with Crippen molar-refractivity contribution in [2.75, 3.05) is 6.54 Å². The minimum atomic E-state index is -1.24. The number of benzene rings is 1. The monoisotopic (exact) mass is 439 g/mol. The van der Waals surface area contributed by atoms with Gasteiger partial charge in [0.2, 0.25) is 0 Å². The fourth-order valence-corrected chi connectivity index (χ4v) is 2.62. The maximum atomic E-state index is 12.5. The molecule has 1 aromatic rings. The third-order valence-corrected chi connectivity index (χ3v) is 4.28. The number of amides is 1. The van der Waals surface area contributed by atoms with E-state index in [9.17, 15) is 14.7 Å². The molecule has 0 saturated carbocycles. The predicted octanol–water partition coefficient (Wildman–Crippen LogP) is 3.38. The van der Waals surface area contributed by atoms with Crippen LogP contribution in [0.5, 0.6) is 0 Å². The summed E-state index contributed by atoms with van der Waals surface area (Å²) in [7, 11) is 0. The first-order chi connectivity index (χ1) is 8.71. The molecule has 0 aliphatic rings. The first-order valence-electron chi connectivity index (χ1n) is 5.72. The van der Waals surface area contributed by atoms with Crippen molar-refractivity contribution in [3.8, 4) is 0 Å². The summed E-state index contributed by atoms with van der Waals surface area (Å²) in [5.41, 5.74) is -0.768. The van der Waals surface area contributed by atoms with Crippen LogP contribution in [0, 0.1) is 3.57 Å². The van der Waals surface area contributed by atoms with E-state index in [0.717, 1.165) is 3.57 Å². The number of carboxylic acids is 1. The van der Waals surface area contributed by atoms with Gasteiger partial charge in [-0.25, -0.2) is 4.79 Å². The molecule has 0 bridgehead atoms. The zero-order chi connectivity index (χ0) is 14.8. The van der Waals surface area contributed by atoms with Crippen molar-refractivity contribution in [3.05, 3.63) is 31.8 Å². The number of carbonyl (C=O) groups excluding carboxylic acids is 1. The quantitative estimate of drug-likeness (QED) is 0.731. The number of likely N-dealkylation sites (N-methyl/N-ethyl adjacent to an activating group) is 1. The maximum absolute atomic E-state index is 12.5. The van der Waals surface area contributed by atoms with Crippen LogP contribution in [-0.2, 0) is 4.79 Å². The second kappa shape index (κ2) is 6.21. The lowest BCUT2D eigenvalue weighted by atomic mass is 10.0. The van der Waals surface area contributed by atoms with Gasteiger partial charge in [0.1, 0.15) is 5.54 Å². The van der Waals surface area contributed by atoms with Crippen LogP contribution < -0.4 is 0 Å². The van der Waals surface area contributed by atoms with E-state index >= 15 is 0 Å². The van der Waals surface area contributed by atoms with E-state index in [0.29, 0.717) is 16.6 Å². The molecule has 0 atom stereocenters. The van der Waals surface area contributed by atoms with Gasteiger partial charge in [0.15, 0.2) is 0 Å². The summed E-state index contributed by atoms with van der Waals surface area (Å²) in [6, 6.07) is 5.41. The fraction of sp³-hybridized carbons (Fsp3) is 0.385. The molecule has 0 heterocycles. The molecule has 0 fully saturated rings. The predicted molar refractivity (Wildman–Crippen MR) is 85.3 cm³/mol. The molecule has 1 aromatic carbocycles. The first-order valence-corrected chi connectivity index (χ1v) is 7.59. The number of carboxylic acid groups (broad SMARTS) is 1. The fourth-order valence-electron chi connectivity index (χ4n) is 1.71. The Morgan fingerprint density at radius 1 is 1.42 bits per heavy atom. The highest BCUT2D eigenvalue weighted by atomic mass is 127. The number of aliphatic carboxylic acids is 1. The lowest BCUT2D eigenvalue weighted by Crippen LogP contribution is -2.53. The van der Waals surface area contributed by atoms with Gasteiger partial charge >= 0.3 is 5.97 Å².